The van der Waals surface area contributed by atoms with Gasteiger partial charge in [0.2, 0.25) is 0 Å². The Balaban J connectivity index is 0.000000360. The van der Waals surface area contributed by atoms with Crippen LogP contribution in [0.3, 0.4) is 0 Å². The number of hydrogen-bond acceptors (Lipinski definition) is 3. The molecule has 0 aromatic rings. The molecule has 1 aliphatic rings. The maximum Gasteiger partial charge on any atom is 0.123 e. The van der Waals surface area contributed by atoms with Crippen LogP contribution in [-0.4, -0.2) is 12.8 Å². The molecule has 3 heteroatoms. The summed E-state index contributed by atoms with van der Waals surface area (Å²) >= 11 is 0. The standard InChI is InChI=1S/C4H5NO.H3N/c1-3-6-4-2-5-1;/h1-3H,4H2;1H3. The first-order chi connectivity index (χ1) is 3.00. The summed E-state index contributed by atoms with van der Waals surface area (Å²) in [7, 11) is 0. The van der Waals surface area contributed by atoms with Crippen molar-refractivity contribution in [2.45, 2.75) is 0 Å². The zero-order valence-corrected chi connectivity index (χ0v) is 4.00. The van der Waals surface area contributed by atoms with E-state index in [2.05, 4.69) is 4.99 Å². The van der Waals surface area contributed by atoms with Crippen molar-refractivity contribution in [3.05, 3.63) is 12.5 Å². The molecule has 0 unspecified atom stereocenters. The van der Waals surface area contributed by atoms with Crippen molar-refractivity contribution in [2.75, 3.05) is 6.61 Å². The summed E-state index contributed by atoms with van der Waals surface area (Å²) < 4.78 is 4.74. The van der Waals surface area contributed by atoms with Gasteiger partial charge in [-0.25, -0.2) is 0 Å². The van der Waals surface area contributed by atoms with Gasteiger partial charge in [0.15, 0.2) is 0 Å². The van der Waals surface area contributed by atoms with Gasteiger partial charge < -0.3 is 10.9 Å². The van der Waals surface area contributed by atoms with E-state index in [0.29, 0.717) is 6.61 Å². The van der Waals surface area contributed by atoms with E-state index in [4.69, 9.17) is 4.74 Å². The van der Waals surface area contributed by atoms with Gasteiger partial charge in [-0.2, -0.15) is 0 Å². The van der Waals surface area contributed by atoms with E-state index in [1.165, 1.54) is 0 Å². The Morgan fingerprint density at radius 1 is 1.57 bits per heavy atom. The number of ether oxygens (including phenoxy) is 1. The van der Waals surface area contributed by atoms with E-state index in [-0.39, 0.29) is 6.15 Å². The van der Waals surface area contributed by atoms with Crippen molar-refractivity contribution in [3.63, 3.8) is 0 Å². The number of rotatable bonds is 0. The van der Waals surface area contributed by atoms with Gasteiger partial charge >= 0.3 is 0 Å². The molecule has 0 saturated carbocycles. The Labute approximate surface area is 42.3 Å². The predicted molar refractivity (Wildman–Crippen MR) is 28.6 cm³/mol. The number of nitrogens with zero attached hydrogens (tertiary/aromatic N) is 1. The van der Waals surface area contributed by atoms with Gasteiger partial charge in [0, 0.05) is 6.21 Å². The van der Waals surface area contributed by atoms with Crippen molar-refractivity contribution in [2.24, 2.45) is 4.99 Å². The lowest BCUT2D eigenvalue weighted by Crippen LogP contribution is -1.90. The molecule has 0 saturated heterocycles. The molecule has 0 amide bonds. The number of aliphatic imine (C=N–C) groups is 1. The first kappa shape index (κ1) is 6.17. The highest BCUT2D eigenvalue weighted by Gasteiger charge is 1.76. The summed E-state index contributed by atoms with van der Waals surface area (Å²) in [6, 6.07) is 0. The minimum Gasteiger partial charge on any atom is -0.494 e. The van der Waals surface area contributed by atoms with Gasteiger partial charge in [0.25, 0.3) is 0 Å². The molecule has 0 aromatic carbocycles. The van der Waals surface area contributed by atoms with Crippen LogP contribution >= 0.6 is 0 Å². The summed E-state index contributed by atoms with van der Waals surface area (Å²) in [5.74, 6) is 0. The van der Waals surface area contributed by atoms with Crippen LogP contribution in [0.15, 0.2) is 17.5 Å². The topological polar surface area (TPSA) is 56.6 Å². The maximum absolute atomic E-state index is 4.74. The highest BCUT2D eigenvalue weighted by atomic mass is 16.5. The molecule has 1 heterocycles. The zero-order valence-electron chi connectivity index (χ0n) is 4.00. The average Bonchev–Trinajstić information content (AvgIpc) is 1.72. The van der Waals surface area contributed by atoms with Gasteiger partial charge in [-0.1, -0.05) is 0 Å². The van der Waals surface area contributed by atoms with Crippen LogP contribution < -0.4 is 6.15 Å². The molecule has 0 bridgehead atoms. The third-order valence-electron chi connectivity index (χ3n) is 0.519. The molecule has 40 valence electrons. The summed E-state index contributed by atoms with van der Waals surface area (Å²) in [5.41, 5.74) is 0. The van der Waals surface area contributed by atoms with Crippen LogP contribution in [0, 0.1) is 0 Å². The average molecular weight is 100 g/mol. The fraction of sp³-hybridized carbons (Fsp3) is 0.250. The number of hydrogen-bond donors (Lipinski definition) is 1. The molecule has 0 spiro atoms. The smallest absolute Gasteiger partial charge is 0.123 e. The van der Waals surface area contributed by atoms with Crippen LogP contribution in [0.5, 0.6) is 0 Å². The van der Waals surface area contributed by atoms with Crippen molar-refractivity contribution >= 4 is 6.21 Å². The van der Waals surface area contributed by atoms with Crippen LogP contribution in [0.25, 0.3) is 0 Å². The Kier molecular flexibility index (Phi) is 2.96. The summed E-state index contributed by atoms with van der Waals surface area (Å²) in [6.07, 6.45) is 4.89. The van der Waals surface area contributed by atoms with Crippen LogP contribution in [-0.2, 0) is 4.74 Å². The lowest BCUT2D eigenvalue weighted by Gasteiger charge is -1.94. The largest absolute Gasteiger partial charge is 0.494 e. The van der Waals surface area contributed by atoms with Gasteiger partial charge in [-0.3, -0.25) is 4.99 Å². The molecule has 0 aromatic heterocycles. The second-order valence-corrected chi connectivity index (χ2v) is 0.950. The molecular weight excluding hydrogens is 92.1 g/mol. The van der Waals surface area contributed by atoms with E-state index in [9.17, 15) is 0 Å². The fourth-order valence-electron chi connectivity index (χ4n) is 0.281. The molecule has 1 rings (SSSR count). The third-order valence-corrected chi connectivity index (χ3v) is 0.519. The first-order valence-electron chi connectivity index (χ1n) is 1.78. The van der Waals surface area contributed by atoms with E-state index in [1.807, 2.05) is 0 Å². The molecule has 3 nitrogen and oxygen atoms in total. The van der Waals surface area contributed by atoms with E-state index >= 15 is 0 Å². The normalized spacial score (nSPS) is 14.9. The lowest BCUT2D eigenvalue weighted by atomic mass is 10.7. The minimum atomic E-state index is 0. The SMILES string of the molecule is C1=COCC=N1.N. The molecule has 3 N–H and O–H groups in total. The first-order valence-corrected chi connectivity index (χ1v) is 1.78. The highest BCUT2D eigenvalue weighted by molar-refractivity contribution is 5.60. The fourth-order valence-corrected chi connectivity index (χ4v) is 0.281. The molecule has 1 aliphatic heterocycles. The Hall–Kier alpha value is -0.830. The van der Waals surface area contributed by atoms with Gasteiger partial charge in [-0.15, -0.1) is 0 Å². The molecule has 0 fully saturated rings. The zero-order chi connectivity index (χ0) is 4.24. The van der Waals surface area contributed by atoms with Crippen molar-refractivity contribution in [1.82, 2.24) is 6.15 Å². The van der Waals surface area contributed by atoms with Gasteiger partial charge in [0.1, 0.15) is 12.9 Å². The highest BCUT2D eigenvalue weighted by Crippen LogP contribution is 1.82. The minimum absolute atomic E-state index is 0. The van der Waals surface area contributed by atoms with Crippen molar-refractivity contribution in [3.8, 4) is 0 Å². The predicted octanol–water partition coefficient (Wildman–Crippen LogP) is 0.721. The van der Waals surface area contributed by atoms with Crippen molar-refractivity contribution in [1.29, 1.82) is 0 Å². The van der Waals surface area contributed by atoms with Gasteiger partial charge in [0.05, 0.1) is 6.20 Å². The van der Waals surface area contributed by atoms with Crippen LogP contribution in [0.1, 0.15) is 0 Å². The molecule has 0 aliphatic carbocycles. The monoisotopic (exact) mass is 100 g/mol. The second-order valence-electron chi connectivity index (χ2n) is 0.950. The Bertz CT molecular complexity index is 75.7. The Morgan fingerprint density at radius 3 is 2.57 bits per heavy atom. The summed E-state index contributed by atoms with van der Waals surface area (Å²) in [6.45, 7) is 0.622. The summed E-state index contributed by atoms with van der Waals surface area (Å²) in [4.78, 5) is 3.75. The Morgan fingerprint density at radius 2 is 2.43 bits per heavy atom. The van der Waals surface area contributed by atoms with E-state index in [1.54, 1.807) is 18.7 Å². The van der Waals surface area contributed by atoms with E-state index < -0.39 is 0 Å². The molecule has 0 radical (unpaired) electrons. The second kappa shape index (κ2) is 3.36. The maximum atomic E-state index is 4.74. The quantitative estimate of drug-likeness (QED) is 0.487. The third kappa shape index (κ3) is 1.94. The summed E-state index contributed by atoms with van der Waals surface area (Å²) in [5, 5.41) is 0. The molecular formula is C4H8N2O. The van der Waals surface area contributed by atoms with Gasteiger partial charge in [-0.05, 0) is 0 Å². The molecule has 7 heavy (non-hydrogen) atoms. The van der Waals surface area contributed by atoms with E-state index in [0.717, 1.165) is 0 Å². The van der Waals surface area contributed by atoms with Crippen LogP contribution in [0.2, 0.25) is 0 Å². The lowest BCUT2D eigenvalue weighted by molar-refractivity contribution is 0.300. The van der Waals surface area contributed by atoms with Crippen molar-refractivity contribution < 1.29 is 4.74 Å². The van der Waals surface area contributed by atoms with Crippen LogP contribution in [0.4, 0.5) is 0 Å². The molecule has 0 atom stereocenters.